The van der Waals surface area contributed by atoms with Gasteiger partial charge in [-0.05, 0) is 37.6 Å². The molecule has 108 valence electrons. The lowest BCUT2D eigenvalue weighted by Crippen LogP contribution is -2.04. The summed E-state index contributed by atoms with van der Waals surface area (Å²) in [6.45, 7) is 4.17. The number of thiazole rings is 1. The summed E-state index contributed by atoms with van der Waals surface area (Å²) in [5.74, 6) is -0.311. The van der Waals surface area contributed by atoms with Crippen LogP contribution in [0.5, 0.6) is 5.75 Å². The highest BCUT2D eigenvalue weighted by Crippen LogP contribution is 2.22. The van der Waals surface area contributed by atoms with Crippen molar-refractivity contribution < 1.29 is 14.6 Å². The smallest absolute Gasteiger partial charge is 0.353 e. The van der Waals surface area contributed by atoms with Crippen LogP contribution in [0, 0.1) is 13.8 Å². The Balaban J connectivity index is 1.89. The number of rotatable bonds is 4. The number of carbonyl (C=O) groups is 1. The number of aromatic nitrogens is 2. The molecule has 3 aromatic rings. The normalized spacial score (nSPS) is 11.0. The SMILES string of the molecule is Cc1ncc(COc2ccc3cc(C)c(C(=O)O)n3c2)s1. The maximum atomic E-state index is 11.3. The summed E-state index contributed by atoms with van der Waals surface area (Å²) in [5, 5.41) is 10.3. The quantitative estimate of drug-likeness (QED) is 0.803. The van der Waals surface area contributed by atoms with E-state index < -0.39 is 5.97 Å². The molecule has 0 aromatic carbocycles. The minimum absolute atomic E-state index is 0.268. The lowest BCUT2D eigenvalue weighted by molar-refractivity contribution is 0.0688. The van der Waals surface area contributed by atoms with Gasteiger partial charge in [-0.15, -0.1) is 11.3 Å². The fraction of sp³-hybridized carbons (Fsp3) is 0.200. The predicted octanol–water partition coefficient (Wildman–Crippen LogP) is 3.29. The van der Waals surface area contributed by atoms with Crippen LogP contribution in [0.3, 0.4) is 0 Å². The molecule has 3 rings (SSSR count). The maximum Gasteiger partial charge on any atom is 0.353 e. The van der Waals surface area contributed by atoms with Gasteiger partial charge in [0.1, 0.15) is 18.1 Å². The molecule has 5 nitrogen and oxygen atoms in total. The van der Waals surface area contributed by atoms with Gasteiger partial charge in [-0.1, -0.05) is 0 Å². The van der Waals surface area contributed by atoms with Gasteiger partial charge < -0.3 is 14.2 Å². The monoisotopic (exact) mass is 302 g/mol. The summed E-state index contributed by atoms with van der Waals surface area (Å²) in [5.41, 5.74) is 1.84. The molecule has 0 spiro atoms. The van der Waals surface area contributed by atoms with Gasteiger partial charge in [0.25, 0.3) is 0 Å². The minimum Gasteiger partial charge on any atom is -0.486 e. The lowest BCUT2D eigenvalue weighted by atomic mass is 10.3. The summed E-state index contributed by atoms with van der Waals surface area (Å²) < 4.78 is 7.36. The summed E-state index contributed by atoms with van der Waals surface area (Å²) >= 11 is 1.59. The number of hydrogen-bond acceptors (Lipinski definition) is 4. The number of ether oxygens (including phenoxy) is 1. The second-order valence-electron chi connectivity index (χ2n) is 4.78. The van der Waals surface area contributed by atoms with Gasteiger partial charge in [-0.3, -0.25) is 0 Å². The van der Waals surface area contributed by atoms with E-state index in [1.165, 1.54) is 0 Å². The van der Waals surface area contributed by atoms with Gasteiger partial charge in [0.2, 0.25) is 0 Å². The number of pyridine rings is 1. The average Bonchev–Trinajstić information content (AvgIpc) is 2.98. The third kappa shape index (κ3) is 2.62. The Hall–Kier alpha value is -2.34. The average molecular weight is 302 g/mol. The molecule has 0 bridgehead atoms. The van der Waals surface area contributed by atoms with E-state index in [-0.39, 0.29) is 5.69 Å². The number of hydrogen-bond donors (Lipinski definition) is 1. The summed E-state index contributed by atoms with van der Waals surface area (Å²) in [6, 6.07) is 5.54. The van der Waals surface area contributed by atoms with Crippen molar-refractivity contribution in [2.24, 2.45) is 0 Å². The van der Waals surface area contributed by atoms with Crippen molar-refractivity contribution in [3.05, 3.63) is 51.7 Å². The molecule has 0 saturated carbocycles. The summed E-state index contributed by atoms with van der Waals surface area (Å²) in [6.07, 6.45) is 3.50. The van der Waals surface area contributed by atoms with Crippen LogP contribution in [0.4, 0.5) is 0 Å². The van der Waals surface area contributed by atoms with E-state index >= 15 is 0 Å². The van der Waals surface area contributed by atoms with Gasteiger partial charge >= 0.3 is 5.97 Å². The van der Waals surface area contributed by atoms with E-state index in [1.807, 2.05) is 25.1 Å². The van der Waals surface area contributed by atoms with E-state index in [4.69, 9.17) is 4.74 Å². The van der Waals surface area contributed by atoms with Crippen molar-refractivity contribution in [1.29, 1.82) is 0 Å². The molecule has 21 heavy (non-hydrogen) atoms. The van der Waals surface area contributed by atoms with Crippen LogP contribution in [0.15, 0.2) is 30.6 Å². The molecular formula is C15H14N2O3S. The molecule has 0 aliphatic carbocycles. The molecule has 0 amide bonds. The van der Waals surface area contributed by atoms with Crippen molar-refractivity contribution in [1.82, 2.24) is 9.38 Å². The number of carboxylic acid groups (broad SMARTS) is 1. The number of nitrogens with zero attached hydrogens (tertiary/aromatic N) is 2. The molecule has 0 atom stereocenters. The number of aryl methyl sites for hydroxylation is 2. The third-order valence-corrected chi connectivity index (χ3v) is 4.07. The lowest BCUT2D eigenvalue weighted by Gasteiger charge is -2.06. The van der Waals surface area contributed by atoms with Crippen LogP contribution in [-0.4, -0.2) is 20.5 Å². The zero-order valence-corrected chi connectivity index (χ0v) is 12.5. The molecule has 1 N–H and O–H groups in total. The van der Waals surface area contributed by atoms with Crippen LogP contribution >= 0.6 is 11.3 Å². The van der Waals surface area contributed by atoms with Crippen LogP contribution in [0.2, 0.25) is 0 Å². The molecule has 0 unspecified atom stereocenters. The summed E-state index contributed by atoms with van der Waals surface area (Å²) in [7, 11) is 0. The van der Waals surface area contributed by atoms with Crippen molar-refractivity contribution in [2.45, 2.75) is 20.5 Å². The Kier molecular flexibility index (Phi) is 3.39. The highest BCUT2D eigenvalue weighted by molar-refractivity contribution is 7.11. The van der Waals surface area contributed by atoms with Gasteiger partial charge in [0, 0.05) is 11.7 Å². The first kappa shape index (κ1) is 13.6. The predicted molar refractivity (Wildman–Crippen MR) is 80.3 cm³/mol. The fourth-order valence-electron chi connectivity index (χ4n) is 2.27. The van der Waals surface area contributed by atoms with Crippen molar-refractivity contribution in [3.63, 3.8) is 0 Å². The minimum atomic E-state index is -0.942. The molecule has 0 aliphatic rings. The van der Waals surface area contributed by atoms with E-state index in [9.17, 15) is 9.90 Å². The fourth-order valence-corrected chi connectivity index (χ4v) is 2.98. The summed E-state index contributed by atoms with van der Waals surface area (Å²) in [4.78, 5) is 16.5. The topological polar surface area (TPSA) is 63.8 Å². The molecule has 3 heterocycles. The van der Waals surface area contributed by atoms with E-state index in [1.54, 1.807) is 35.1 Å². The molecule has 3 aromatic heterocycles. The number of carboxylic acids is 1. The standard InChI is InChI=1S/C15H14N2O3S/c1-9-5-11-3-4-12(7-17(11)14(9)15(18)19)20-8-13-6-16-10(2)21-13/h3-7H,8H2,1-2H3,(H,18,19). The third-order valence-electron chi connectivity index (χ3n) is 3.18. The van der Waals surface area contributed by atoms with Gasteiger partial charge in [0.15, 0.2) is 0 Å². The number of fused-ring (bicyclic) bond motifs is 1. The van der Waals surface area contributed by atoms with Crippen LogP contribution < -0.4 is 4.74 Å². The first-order valence-electron chi connectivity index (χ1n) is 6.43. The second kappa shape index (κ2) is 5.21. The van der Waals surface area contributed by atoms with E-state index in [0.29, 0.717) is 12.4 Å². The Morgan fingerprint density at radius 2 is 2.24 bits per heavy atom. The van der Waals surface area contributed by atoms with Gasteiger partial charge in [-0.25, -0.2) is 9.78 Å². The highest BCUT2D eigenvalue weighted by Gasteiger charge is 2.14. The maximum absolute atomic E-state index is 11.3. The first-order valence-corrected chi connectivity index (χ1v) is 7.25. The molecule has 0 radical (unpaired) electrons. The molecular weight excluding hydrogens is 288 g/mol. The second-order valence-corrected chi connectivity index (χ2v) is 6.09. The van der Waals surface area contributed by atoms with Crippen LogP contribution in [-0.2, 0) is 6.61 Å². The van der Waals surface area contributed by atoms with E-state index in [0.717, 1.165) is 21.0 Å². The highest BCUT2D eigenvalue weighted by atomic mass is 32.1. The Labute approximate surface area is 125 Å². The van der Waals surface area contributed by atoms with Crippen molar-refractivity contribution in [3.8, 4) is 5.75 Å². The Morgan fingerprint density at radius 1 is 1.43 bits per heavy atom. The zero-order chi connectivity index (χ0) is 15.0. The van der Waals surface area contributed by atoms with Crippen molar-refractivity contribution >= 4 is 22.8 Å². The first-order chi connectivity index (χ1) is 10.0. The molecule has 0 aliphatic heterocycles. The van der Waals surface area contributed by atoms with Crippen molar-refractivity contribution in [2.75, 3.05) is 0 Å². The van der Waals surface area contributed by atoms with Crippen LogP contribution in [0.25, 0.3) is 5.52 Å². The van der Waals surface area contributed by atoms with Gasteiger partial charge in [-0.2, -0.15) is 0 Å². The zero-order valence-electron chi connectivity index (χ0n) is 11.7. The Bertz CT molecular complexity index is 820. The molecule has 0 saturated heterocycles. The molecule has 6 heteroatoms. The Morgan fingerprint density at radius 3 is 2.90 bits per heavy atom. The number of aromatic carboxylic acids is 1. The van der Waals surface area contributed by atoms with Gasteiger partial charge in [0.05, 0.1) is 16.1 Å². The van der Waals surface area contributed by atoms with Crippen LogP contribution in [0.1, 0.15) is 25.9 Å². The largest absolute Gasteiger partial charge is 0.486 e. The molecule has 0 fully saturated rings. The van der Waals surface area contributed by atoms with E-state index in [2.05, 4.69) is 4.98 Å².